The summed E-state index contributed by atoms with van der Waals surface area (Å²) in [6, 6.07) is 4.70. The molecular weight excluding hydrogens is 292 g/mol. The minimum atomic E-state index is -3.71. The molecule has 0 aromatic carbocycles. The second-order valence-corrected chi connectivity index (χ2v) is 6.81. The summed E-state index contributed by atoms with van der Waals surface area (Å²) in [5, 5.41) is 21.1. The van der Waals surface area contributed by atoms with Crippen molar-refractivity contribution in [2.24, 2.45) is 0 Å². The largest absolute Gasteiger partial charge is 0.395 e. The first kappa shape index (κ1) is 15.9. The van der Waals surface area contributed by atoms with E-state index in [0.717, 1.165) is 19.4 Å². The van der Waals surface area contributed by atoms with Crippen LogP contribution in [0.2, 0.25) is 0 Å². The van der Waals surface area contributed by atoms with Gasteiger partial charge in [-0.15, -0.1) is 0 Å². The van der Waals surface area contributed by atoms with Crippen LogP contribution in [0, 0.1) is 11.3 Å². The van der Waals surface area contributed by atoms with Crippen molar-refractivity contribution in [3.8, 4) is 6.07 Å². The normalized spacial score (nSPS) is 18.8. The van der Waals surface area contributed by atoms with Crippen LogP contribution in [0.5, 0.6) is 0 Å². The number of aliphatic hydroxyl groups excluding tert-OH is 1. The SMILES string of the molecule is N#Cc1ccc(S(=O)(=O)N(CCO)CC2CCCN2)cn1. The van der Waals surface area contributed by atoms with E-state index in [1.54, 1.807) is 0 Å². The van der Waals surface area contributed by atoms with E-state index in [1.165, 1.54) is 22.6 Å². The predicted octanol–water partition coefficient (Wildman–Crippen LogP) is -0.312. The summed E-state index contributed by atoms with van der Waals surface area (Å²) in [6.45, 7) is 1.01. The van der Waals surface area contributed by atoms with Crippen LogP contribution in [0.3, 0.4) is 0 Å². The lowest BCUT2D eigenvalue weighted by molar-refractivity contribution is 0.246. The molecule has 7 nitrogen and oxygen atoms in total. The van der Waals surface area contributed by atoms with E-state index >= 15 is 0 Å². The van der Waals surface area contributed by atoms with Gasteiger partial charge in [-0.25, -0.2) is 13.4 Å². The number of nitrogens with zero attached hydrogens (tertiary/aromatic N) is 3. The second-order valence-electron chi connectivity index (χ2n) is 4.87. The maximum absolute atomic E-state index is 12.6. The molecule has 1 unspecified atom stereocenters. The molecule has 0 bridgehead atoms. The van der Waals surface area contributed by atoms with Crippen LogP contribution in [0.1, 0.15) is 18.5 Å². The van der Waals surface area contributed by atoms with E-state index in [0.29, 0.717) is 6.54 Å². The molecule has 1 fully saturated rings. The first-order valence-corrected chi connectivity index (χ1v) is 8.22. The van der Waals surface area contributed by atoms with Gasteiger partial charge in [0.1, 0.15) is 16.7 Å². The predicted molar refractivity (Wildman–Crippen MR) is 75.8 cm³/mol. The third-order valence-electron chi connectivity index (χ3n) is 3.42. The van der Waals surface area contributed by atoms with Gasteiger partial charge in [0, 0.05) is 25.3 Å². The molecule has 0 radical (unpaired) electrons. The summed E-state index contributed by atoms with van der Waals surface area (Å²) in [5.41, 5.74) is 0.167. The van der Waals surface area contributed by atoms with Gasteiger partial charge in [-0.3, -0.25) is 0 Å². The van der Waals surface area contributed by atoms with Crippen LogP contribution in [-0.4, -0.2) is 55.1 Å². The lowest BCUT2D eigenvalue weighted by atomic mass is 10.2. The van der Waals surface area contributed by atoms with Crippen molar-refractivity contribution in [2.45, 2.75) is 23.8 Å². The van der Waals surface area contributed by atoms with Crippen molar-refractivity contribution in [2.75, 3.05) is 26.2 Å². The molecule has 1 atom stereocenters. The first-order chi connectivity index (χ1) is 10.1. The summed E-state index contributed by atoms with van der Waals surface area (Å²) < 4.78 is 26.4. The molecule has 1 aromatic rings. The molecule has 0 aliphatic carbocycles. The highest BCUT2D eigenvalue weighted by Crippen LogP contribution is 2.17. The van der Waals surface area contributed by atoms with Gasteiger partial charge < -0.3 is 10.4 Å². The number of pyridine rings is 1. The zero-order valence-corrected chi connectivity index (χ0v) is 12.4. The van der Waals surface area contributed by atoms with Crippen LogP contribution >= 0.6 is 0 Å². The number of hydrogen-bond acceptors (Lipinski definition) is 6. The number of aromatic nitrogens is 1. The molecule has 0 spiro atoms. The highest BCUT2D eigenvalue weighted by Gasteiger charge is 2.28. The molecule has 21 heavy (non-hydrogen) atoms. The molecule has 2 heterocycles. The highest BCUT2D eigenvalue weighted by atomic mass is 32.2. The van der Waals surface area contributed by atoms with Crippen LogP contribution in [0.15, 0.2) is 23.2 Å². The minimum absolute atomic E-state index is 0.0351. The molecular formula is C13H18N4O3S. The molecule has 2 N–H and O–H groups in total. The third kappa shape index (κ3) is 3.77. The Kier molecular flexibility index (Phi) is 5.25. The molecule has 1 aromatic heterocycles. The maximum Gasteiger partial charge on any atom is 0.244 e. The average molecular weight is 310 g/mol. The number of nitriles is 1. The molecule has 1 aliphatic rings. The summed E-state index contributed by atoms with van der Waals surface area (Å²) in [6.07, 6.45) is 3.12. The van der Waals surface area contributed by atoms with Crippen molar-refractivity contribution in [3.63, 3.8) is 0 Å². The van der Waals surface area contributed by atoms with Gasteiger partial charge in [-0.05, 0) is 31.5 Å². The first-order valence-electron chi connectivity index (χ1n) is 6.78. The molecule has 2 rings (SSSR count). The fraction of sp³-hybridized carbons (Fsp3) is 0.538. The van der Waals surface area contributed by atoms with Crippen molar-refractivity contribution in [3.05, 3.63) is 24.0 Å². The van der Waals surface area contributed by atoms with Gasteiger partial charge >= 0.3 is 0 Å². The monoisotopic (exact) mass is 310 g/mol. The highest BCUT2D eigenvalue weighted by molar-refractivity contribution is 7.89. The summed E-state index contributed by atoms with van der Waals surface area (Å²) in [7, 11) is -3.71. The fourth-order valence-corrected chi connectivity index (χ4v) is 3.75. The van der Waals surface area contributed by atoms with E-state index in [-0.39, 0.29) is 29.8 Å². The Labute approximate surface area is 124 Å². The van der Waals surface area contributed by atoms with Gasteiger partial charge in [0.2, 0.25) is 10.0 Å². The molecule has 1 aliphatic heterocycles. The fourth-order valence-electron chi connectivity index (χ4n) is 2.33. The van der Waals surface area contributed by atoms with Crippen LogP contribution < -0.4 is 5.32 Å². The Hall–Kier alpha value is -1.53. The van der Waals surface area contributed by atoms with Crippen LogP contribution in [-0.2, 0) is 10.0 Å². The van der Waals surface area contributed by atoms with Gasteiger partial charge in [0.05, 0.1) is 6.61 Å². The number of rotatable bonds is 6. The number of nitrogens with one attached hydrogen (secondary N) is 1. The Morgan fingerprint density at radius 1 is 1.52 bits per heavy atom. The van der Waals surface area contributed by atoms with E-state index in [2.05, 4.69) is 10.3 Å². The summed E-state index contributed by atoms with van der Waals surface area (Å²) >= 11 is 0. The quantitative estimate of drug-likeness (QED) is 0.746. The molecule has 1 saturated heterocycles. The number of sulfonamides is 1. The van der Waals surface area contributed by atoms with E-state index in [4.69, 9.17) is 10.4 Å². The van der Waals surface area contributed by atoms with Gasteiger partial charge in [0.25, 0.3) is 0 Å². The van der Waals surface area contributed by atoms with Crippen LogP contribution in [0.25, 0.3) is 0 Å². The van der Waals surface area contributed by atoms with Gasteiger partial charge in [0.15, 0.2) is 0 Å². The Morgan fingerprint density at radius 2 is 2.33 bits per heavy atom. The standard InChI is InChI=1S/C13H18N4O3S/c14-8-11-3-4-13(9-16-11)21(19,20)17(6-7-18)10-12-2-1-5-15-12/h3-4,9,12,15,18H,1-2,5-7,10H2. The van der Waals surface area contributed by atoms with Crippen LogP contribution in [0.4, 0.5) is 0 Å². The molecule has 114 valence electrons. The number of hydrogen-bond donors (Lipinski definition) is 2. The maximum atomic E-state index is 12.6. The molecule has 8 heteroatoms. The van der Waals surface area contributed by atoms with E-state index < -0.39 is 10.0 Å². The minimum Gasteiger partial charge on any atom is -0.395 e. The lowest BCUT2D eigenvalue weighted by Crippen LogP contribution is -2.42. The Bertz CT molecular complexity index is 603. The average Bonchev–Trinajstić information content (AvgIpc) is 3.00. The molecule has 0 amide bonds. The second kappa shape index (κ2) is 6.95. The zero-order valence-electron chi connectivity index (χ0n) is 11.6. The summed E-state index contributed by atoms with van der Waals surface area (Å²) in [5.74, 6) is 0. The smallest absolute Gasteiger partial charge is 0.244 e. The van der Waals surface area contributed by atoms with Crippen molar-refractivity contribution in [1.29, 1.82) is 5.26 Å². The van der Waals surface area contributed by atoms with E-state index in [9.17, 15) is 8.42 Å². The van der Waals surface area contributed by atoms with Gasteiger partial charge in [-0.2, -0.15) is 9.57 Å². The Morgan fingerprint density at radius 3 is 2.86 bits per heavy atom. The lowest BCUT2D eigenvalue weighted by Gasteiger charge is -2.24. The van der Waals surface area contributed by atoms with E-state index in [1.807, 2.05) is 6.07 Å². The zero-order chi connectivity index (χ0) is 15.3. The summed E-state index contributed by atoms with van der Waals surface area (Å²) in [4.78, 5) is 3.83. The topological polar surface area (TPSA) is 106 Å². The van der Waals surface area contributed by atoms with Crippen molar-refractivity contribution >= 4 is 10.0 Å². The van der Waals surface area contributed by atoms with Crippen molar-refractivity contribution in [1.82, 2.24) is 14.6 Å². The third-order valence-corrected chi connectivity index (χ3v) is 5.27. The Balaban J connectivity index is 2.21. The molecule has 0 saturated carbocycles. The van der Waals surface area contributed by atoms with Gasteiger partial charge in [-0.1, -0.05) is 0 Å². The number of aliphatic hydroxyl groups is 1. The van der Waals surface area contributed by atoms with Crippen molar-refractivity contribution < 1.29 is 13.5 Å².